The van der Waals surface area contributed by atoms with Crippen molar-refractivity contribution in [1.82, 2.24) is 5.32 Å². The third-order valence-corrected chi connectivity index (χ3v) is 4.76. The highest BCUT2D eigenvalue weighted by molar-refractivity contribution is 4.93. The van der Waals surface area contributed by atoms with E-state index in [2.05, 4.69) is 33.0 Å². The Labute approximate surface area is 114 Å². The van der Waals surface area contributed by atoms with Crippen molar-refractivity contribution < 1.29 is 4.74 Å². The van der Waals surface area contributed by atoms with Crippen LogP contribution in [-0.4, -0.2) is 24.8 Å². The molecule has 1 aliphatic carbocycles. The van der Waals surface area contributed by atoms with Crippen molar-refractivity contribution in [3.63, 3.8) is 0 Å². The number of hydrogen-bond donors (Lipinski definition) is 1. The molecular formula is C16H33NO. The van der Waals surface area contributed by atoms with Gasteiger partial charge in [0.05, 0.1) is 5.60 Å². The second-order valence-corrected chi connectivity index (χ2v) is 5.70. The predicted molar refractivity (Wildman–Crippen MR) is 79.0 cm³/mol. The zero-order valence-corrected chi connectivity index (χ0v) is 12.9. The molecule has 0 amide bonds. The standard InChI is InChI=1S/C16H33NO/c1-5-16(6-2,18-8-4)15(17-7-3)13-14-11-9-10-12-14/h14-15,17H,5-13H2,1-4H3. The minimum atomic E-state index is 0.0490. The van der Waals surface area contributed by atoms with Gasteiger partial charge >= 0.3 is 0 Å². The number of rotatable bonds is 9. The molecule has 1 N–H and O–H groups in total. The van der Waals surface area contributed by atoms with Crippen molar-refractivity contribution >= 4 is 0 Å². The molecule has 1 fully saturated rings. The topological polar surface area (TPSA) is 21.3 Å². The smallest absolute Gasteiger partial charge is 0.0829 e. The molecule has 0 spiro atoms. The Morgan fingerprint density at radius 3 is 2.17 bits per heavy atom. The van der Waals surface area contributed by atoms with Crippen molar-refractivity contribution in [2.24, 2.45) is 5.92 Å². The first-order chi connectivity index (χ1) is 8.72. The van der Waals surface area contributed by atoms with Crippen LogP contribution < -0.4 is 5.32 Å². The van der Waals surface area contributed by atoms with E-state index in [1.807, 2.05) is 0 Å². The van der Waals surface area contributed by atoms with Crippen molar-refractivity contribution in [2.75, 3.05) is 13.2 Å². The maximum Gasteiger partial charge on any atom is 0.0829 e. The van der Waals surface area contributed by atoms with E-state index in [1.54, 1.807) is 0 Å². The summed E-state index contributed by atoms with van der Waals surface area (Å²) in [6.45, 7) is 10.8. The highest BCUT2D eigenvalue weighted by atomic mass is 16.5. The molecule has 1 aliphatic rings. The van der Waals surface area contributed by atoms with E-state index in [9.17, 15) is 0 Å². The molecular weight excluding hydrogens is 222 g/mol. The fraction of sp³-hybridized carbons (Fsp3) is 1.00. The maximum atomic E-state index is 6.19. The van der Waals surface area contributed by atoms with Crippen LogP contribution in [0.5, 0.6) is 0 Å². The molecule has 108 valence electrons. The summed E-state index contributed by atoms with van der Waals surface area (Å²) in [5.41, 5.74) is 0.0490. The highest BCUT2D eigenvalue weighted by Gasteiger charge is 2.37. The Morgan fingerprint density at radius 2 is 1.72 bits per heavy atom. The van der Waals surface area contributed by atoms with Crippen LogP contribution in [0.3, 0.4) is 0 Å². The molecule has 18 heavy (non-hydrogen) atoms. The Kier molecular flexibility index (Phi) is 7.25. The lowest BCUT2D eigenvalue weighted by Crippen LogP contribution is -2.52. The first kappa shape index (κ1) is 16.0. The van der Waals surface area contributed by atoms with Gasteiger partial charge < -0.3 is 10.1 Å². The SMILES string of the molecule is CCNC(CC1CCCC1)C(CC)(CC)OCC. The molecule has 1 rings (SSSR count). The average Bonchev–Trinajstić information content (AvgIpc) is 2.89. The van der Waals surface area contributed by atoms with Crippen molar-refractivity contribution in [3.8, 4) is 0 Å². The molecule has 2 heteroatoms. The molecule has 0 aliphatic heterocycles. The lowest BCUT2D eigenvalue weighted by molar-refractivity contribution is -0.0763. The van der Waals surface area contributed by atoms with E-state index in [0.717, 1.165) is 31.9 Å². The molecule has 0 bridgehead atoms. The van der Waals surface area contributed by atoms with Gasteiger partial charge in [0.25, 0.3) is 0 Å². The zero-order valence-electron chi connectivity index (χ0n) is 12.9. The van der Waals surface area contributed by atoms with Crippen LogP contribution in [0, 0.1) is 5.92 Å². The fourth-order valence-electron chi connectivity index (χ4n) is 3.64. The van der Waals surface area contributed by atoms with Gasteiger partial charge in [-0.3, -0.25) is 0 Å². The summed E-state index contributed by atoms with van der Waals surface area (Å²) in [5.74, 6) is 0.923. The lowest BCUT2D eigenvalue weighted by Gasteiger charge is -2.41. The predicted octanol–water partition coefficient (Wildman–Crippen LogP) is 4.14. The Bertz CT molecular complexity index is 207. The van der Waals surface area contributed by atoms with Gasteiger partial charge in [0.2, 0.25) is 0 Å². The molecule has 1 saturated carbocycles. The number of hydrogen-bond acceptors (Lipinski definition) is 2. The molecule has 1 atom stereocenters. The molecule has 0 aromatic carbocycles. The minimum Gasteiger partial charge on any atom is -0.374 e. The van der Waals surface area contributed by atoms with Crippen LogP contribution in [0.25, 0.3) is 0 Å². The number of likely N-dealkylation sites (N-methyl/N-ethyl adjacent to an activating group) is 1. The van der Waals surface area contributed by atoms with E-state index in [0.29, 0.717) is 6.04 Å². The third-order valence-electron chi connectivity index (χ3n) is 4.76. The van der Waals surface area contributed by atoms with Crippen LogP contribution in [0.4, 0.5) is 0 Å². The van der Waals surface area contributed by atoms with Crippen LogP contribution in [0.15, 0.2) is 0 Å². The summed E-state index contributed by atoms with van der Waals surface area (Å²) in [5, 5.41) is 3.71. The molecule has 0 saturated heterocycles. The average molecular weight is 255 g/mol. The number of nitrogens with one attached hydrogen (secondary N) is 1. The summed E-state index contributed by atoms with van der Waals surface area (Å²) < 4.78 is 6.19. The number of ether oxygens (including phenoxy) is 1. The minimum absolute atomic E-state index is 0.0490. The zero-order chi connectivity index (χ0) is 13.4. The van der Waals surface area contributed by atoms with Gasteiger partial charge in [-0.2, -0.15) is 0 Å². The van der Waals surface area contributed by atoms with Gasteiger partial charge in [0.15, 0.2) is 0 Å². The first-order valence-corrected chi connectivity index (χ1v) is 8.09. The Morgan fingerprint density at radius 1 is 1.11 bits per heavy atom. The fourth-order valence-corrected chi connectivity index (χ4v) is 3.64. The van der Waals surface area contributed by atoms with Gasteiger partial charge in [-0.15, -0.1) is 0 Å². The van der Waals surface area contributed by atoms with Crippen molar-refractivity contribution in [3.05, 3.63) is 0 Å². The van der Waals surface area contributed by atoms with E-state index in [-0.39, 0.29) is 5.60 Å². The van der Waals surface area contributed by atoms with E-state index >= 15 is 0 Å². The Balaban J connectivity index is 2.70. The Hall–Kier alpha value is -0.0800. The van der Waals surface area contributed by atoms with Gasteiger partial charge in [0, 0.05) is 12.6 Å². The van der Waals surface area contributed by atoms with Crippen molar-refractivity contribution in [1.29, 1.82) is 0 Å². The molecule has 0 aromatic rings. The second-order valence-electron chi connectivity index (χ2n) is 5.70. The summed E-state index contributed by atoms with van der Waals surface area (Å²) in [6, 6.07) is 0.528. The molecule has 1 unspecified atom stereocenters. The molecule has 0 radical (unpaired) electrons. The summed E-state index contributed by atoms with van der Waals surface area (Å²) in [6.07, 6.45) is 9.25. The molecule has 0 heterocycles. The van der Waals surface area contributed by atoms with Gasteiger partial charge in [-0.1, -0.05) is 46.5 Å². The van der Waals surface area contributed by atoms with Gasteiger partial charge in [0.1, 0.15) is 0 Å². The second kappa shape index (κ2) is 8.16. The normalized spacial score (nSPS) is 19.3. The largest absolute Gasteiger partial charge is 0.374 e. The van der Waals surface area contributed by atoms with Crippen LogP contribution in [0.1, 0.15) is 72.6 Å². The quantitative estimate of drug-likeness (QED) is 0.668. The van der Waals surface area contributed by atoms with E-state index in [1.165, 1.54) is 32.1 Å². The monoisotopic (exact) mass is 255 g/mol. The third kappa shape index (κ3) is 3.96. The van der Waals surface area contributed by atoms with Crippen LogP contribution >= 0.6 is 0 Å². The van der Waals surface area contributed by atoms with Gasteiger partial charge in [-0.25, -0.2) is 0 Å². The van der Waals surface area contributed by atoms with E-state index in [4.69, 9.17) is 4.74 Å². The maximum absolute atomic E-state index is 6.19. The van der Waals surface area contributed by atoms with Crippen LogP contribution in [-0.2, 0) is 4.74 Å². The molecule has 0 aromatic heterocycles. The van der Waals surface area contributed by atoms with Crippen LogP contribution in [0.2, 0.25) is 0 Å². The summed E-state index contributed by atoms with van der Waals surface area (Å²) in [4.78, 5) is 0. The van der Waals surface area contributed by atoms with Crippen molar-refractivity contribution in [2.45, 2.75) is 84.3 Å². The van der Waals surface area contributed by atoms with Gasteiger partial charge in [-0.05, 0) is 38.6 Å². The first-order valence-electron chi connectivity index (χ1n) is 8.09. The molecule has 2 nitrogen and oxygen atoms in total. The highest BCUT2D eigenvalue weighted by Crippen LogP contribution is 2.34. The van der Waals surface area contributed by atoms with E-state index < -0.39 is 0 Å². The summed E-state index contributed by atoms with van der Waals surface area (Å²) >= 11 is 0. The lowest BCUT2D eigenvalue weighted by atomic mass is 9.82. The summed E-state index contributed by atoms with van der Waals surface area (Å²) in [7, 11) is 0.